The highest BCUT2D eigenvalue weighted by atomic mass is 32.2. The summed E-state index contributed by atoms with van der Waals surface area (Å²) in [5.41, 5.74) is 0.864. The molecule has 0 saturated carbocycles. The monoisotopic (exact) mass is 370 g/mol. The molecular weight excluding hydrogens is 352 g/mol. The number of carbonyl (C=O) groups excluding carboxylic acids is 2. The third-order valence-electron chi connectivity index (χ3n) is 3.42. The van der Waals surface area contributed by atoms with E-state index in [0.717, 1.165) is 0 Å². The van der Waals surface area contributed by atoms with Crippen LogP contribution in [-0.4, -0.2) is 47.9 Å². The van der Waals surface area contributed by atoms with Crippen molar-refractivity contribution in [3.05, 3.63) is 41.1 Å². The molecule has 0 radical (unpaired) electrons. The minimum atomic E-state index is -3.71. The average Bonchev–Trinajstić information content (AvgIpc) is 2.58. The van der Waals surface area contributed by atoms with E-state index in [4.69, 9.17) is 14.6 Å². The van der Waals surface area contributed by atoms with Crippen molar-refractivity contribution < 1.29 is 32.2 Å². The van der Waals surface area contributed by atoms with E-state index in [1.54, 1.807) is 18.2 Å². The molecule has 9 nitrogen and oxygen atoms in total. The second kappa shape index (κ2) is 7.64. The first-order valence-corrected chi connectivity index (χ1v) is 8.83. The Bertz CT molecular complexity index is 817. The number of esters is 2. The van der Waals surface area contributed by atoms with Crippen molar-refractivity contribution in [2.45, 2.75) is 5.75 Å². The van der Waals surface area contributed by atoms with E-state index in [-0.39, 0.29) is 30.4 Å². The number of anilines is 1. The molecular formula is C15H18N2O7S. The molecule has 2 N–H and O–H groups in total. The Kier molecular flexibility index (Phi) is 5.77. The van der Waals surface area contributed by atoms with Gasteiger partial charge in [-0.25, -0.2) is 23.1 Å². The number of hydrogen-bond donors (Lipinski definition) is 1. The Morgan fingerprint density at radius 3 is 2.52 bits per heavy atom. The van der Waals surface area contributed by atoms with Crippen LogP contribution < -0.4 is 10.0 Å². The maximum atomic E-state index is 12.2. The molecule has 10 heteroatoms. The standard InChI is InChI=1S/C15H18N2O7S/c1-22-14(18)12-7-24-9-17(13(12)15(19)23-2)11-5-3-4-10(6-11)8-25(16,20)21/h3-6H,7-9H2,1-2H3,(H2,16,20,21). The van der Waals surface area contributed by atoms with Crippen LogP contribution >= 0.6 is 0 Å². The quantitative estimate of drug-likeness (QED) is 0.711. The van der Waals surface area contributed by atoms with E-state index < -0.39 is 22.0 Å². The number of rotatable bonds is 5. The first-order chi connectivity index (χ1) is 11.8. The third-order valence-corrected chi connectivity index (χ3v) is 4.16. The van der Waals surface area contributed by atoms with Crippen LogP contribution in [0.1, 0.15) is 5.56 Å². The molecule has 0 aliphatic carbocycles. The normalized spacial score (nSPS) is 15.1. The van der Waals surface area contributed by atoms with Gasteiger partial charge < -0.3 is 19.1 Å². The van der Waals surface area contributed by atoms with Gasteiger partial charge in [-0.05, 0) is 17.7 Å². The molecule has 1 heterocycles. The van der Waals surface area contributed by atoms with E-state index in [2.05, 4.69) is 4.74 Å². The average molecular weight is 370 g/mol. The van der Waals surface area contributed by atoms with Gasteiger partial charge in [0.1, 0.15) is 12.4 Å². The number of sulfonamides is 1. The fourth-order valence-corrected chi connectivity index (χ4v) is 3.04. The van der Waals surface area contributed by atoms with E-state index >= 15 is 0 Å². The van der Waals surface area contributed by atoms with Crippen LogP contribution in [0.4, 0.5) is 5.69 Å². The highest BCUT2D eigenvalue weighted by molar-refractivity contribution is 7.88. The summed E-state index contributed by atoms with van der Waals surface area (Å²) in [6.07, 6.45) is 0. The van der Waals surface area contributed by atoms with Crippen molar-refractivity contribution in [1.82, 2.24) is 0 Å². The second-order valence-corrected chi connectivity index (χ2v) is 6.81. The molecule has 1 aromatic carbocycles. The maximum absolute atomic E-state index is 12.2. The number of primary sulfonamides is 1. The van der Waals surface area contributed by atoms with Crippen molar-refractivity contribution in [1.29, 1.82) is 0 Å². The van der Waals surface area contributed by atoms with Gasteiger partial charge >= 0.3 is 11.9 Å². The van der Waals surface area contributed by atoms with Crippen LogP contribution in [0.2, 0.25) is 0 Å². The van der Waals surface area contributed by atoms with Gasteiger partial charge in [0, 0.05) is 5.69 Å². The fourth-order valence-electron chi connectivity index (χ4n) is 2.39. The van der Waals surface area contributed by atoms with Gasteiger partial charge in [-0.15, -0.1) is 0 Å². The van der Waals surface area contributed by atoms with Crippen LogP contribution in [0.5, 0.6) is 0 Å². The van der Waals surface area contributed by atoms with Crippen molar-refractivity contribution in [3.8, 4) is 0 Å². The summed E-state index contributed by atoms with van der Waals surface area (Å²) in [6.45, 7) is -0.131. The first kappa shape index (κ1) is 18.9. The molecule has 25 heavy (non-hydrogen) atoms. The minimum absolute atomic E-state index is 0.0115. The summed E-state index contributed by atoms with van der Waals surface area (Å²) in [4.78, 5) is 25.5. The maximum Gasteiger partial charge on any atom is 0.355 e. The minimum Gasteiger partial charge on any atom is -0.466 e. The van der Waals surface area contributed by atoms with Crippen molar-refractivity contribution in [2.75, 3.05) is 32.5 Å². The van der Waals surface area contributed by atoms with Gasteiger partial charge in [-0.2, -0.15) is 0 Å². The zero-order chi connectivity index (χ0) is 18.6. The number of nitrogens with two attached hydrogens (primary N) is 1. The molecule has 0 amide bonds. The molecule has 0 unspecified atom stereocenters. The van der Waals surface area contributed by atoms with E-state index in [0.29, 0.717) is 11.3 Å². The predicted octanol–water partition coefficient (Wildman–Crippen LogP) is -0.131. The predicted molar refractivity (Wildman–Crippen MR) is 87.6 cm³/mol. The number of methoxy groups -OCH3 is 2. The zero-order valence-corrected chi connectivity index (χ0v) is 14.5. The molecule has 0 bridgehead atoms. The van der Waals surface area contributed by atoms with Crippen LogP contribution in [-0.2, 0) is 39.6 Å². The fraction of sp³-hybridized carbons (Fsp3) is 0.333. The van der Waals surface area contributed by atoms with E-state index in [9.17, 15) is 18.0 Å². The number of ether oxygens (including phenoxy) is 3. The molecule has 2 rings (SSSR count). The largest absolute Gasteiger partial charge is 0.466 e. The lowest BCUT2D eigenvalue weighted by Gasteiger charge is -2.31. The summed E-state index contributed by atoms with van der Waals surface area (Å²) in [5.74, 6) is -1.82. The van der Waals surface area contributed by atoms with Gasteiger partial charge in [0.25, 0.3) is 0 Å². The summed E-state index contributed by atoms with van der Waals surface area (Å²) in [6, 6.07) is 6.37. The molecule has 0 atom stereocenters. The topological polar surface area (TPSA) is 125 Å². The van der Waals surface area contributed by atoms with Crippen LogP contribution in [0.25, 0.3) is 0 Å². The Morgan fingerprint density at radius 2 is 1.92 bits per heavy atom. The number of carbonyl (C=O) groups is 2. The van der Waals surface area contributed by atoms with Gasteiger partial charge in [0.05, 0.1) is 32.2 Å². The highest BCUT2D eigenvalue weighted by Crippen LogP contribution is 2.27. The number of hydrogen-bond acceptors (Lipinski definition) is 8. The molecule has 0 spiro atoms. The molecule has 1 aromatic rings. The van der Waals surface area contributed by atoms with Crippen LogP contribution in [0.15, 0.2) is 35.5 Å². The molecule has 1 aliphatic rings. The summed E-state index contributed by atoms with van der Waals surface area (Å²) >= 11 is 0. The lowest BCUT2D eigenvalue weighted by Crippen LogP contribution is -2.38. The first-order valence-electron chi connectivity index (χ1n) is 7.11. The molecule has 1 aliphatic heterocycles. The Balaban J connectivity index is 2.50. The van der Waals surface area contributed by atoms with E-state index in [1.165, 1.54) is 25.2 Å². The molecule has 136 valence electrons. The van der Waals surface area contributed by atoms with Crippen LogP contribution in [0, 0.1) is 0 Å². The summed E-state index contributed by atoms with van der Waals surface area (Å²) in [5, 5.41) is 5.06. The zero-order valence-electron chi connectivity index (χ0n) is 13.7. The SMILES string of the molecule is COC(=O)C1=C(C(=O)OC)N(c2cccc(CS(N)(=O)=O)c2)COC1. The van der Waals surface area contributed by atoms with Crippen molar-refractivity contribution in [3.63, 3.8) is 0 Å². The smallest absolute Gasteiger partial charge is 0.355 e. The Hall–Kier alpha value is -2.43. The third kappa shape index (κ3) is 4.56. The lowest BCUT2D eigenvalue weighted by atomic mass is 10.1. The van der Waals surface area contributed by atoms with Gasteiger partial charge in [0.2, 0.25) is 10.0 Å². The van der Waals surface area contributed by atoms with Gasteiger partial charge in [-0.3, -0.25) is 0 Å². The molecule has 0 saturated heterocycles. The highest BCUT2D eigenvalue weighted by Gasteiger charge is 2.32. The number of benzene rings is 1. The van der Waals surface area contributed by atoms with Crippen molar-refractivity contribution in [2.24, 2.45) is 5.14 Å². The number of nitrogens with zero attached hydrogens (tertiary/aromatic N) is 1. The van der Waals surface area contributed by atoms with Crippen molar-refractivity contribution >= 4 is 27.6 Å². The second-order valence-electron chi connectivity index (χ2n) is 5.19. The van der Waals surface area contributed by atoms with Crippen LogP contribution in [0.3, 0.4) is 0 Å². The molecule has 0 fully saturated rings. The summed E-state index contributed by atoms with van der Waals surface area (Å²) in [7, 11) is -1.33. The van der Waals surface area contributed by atoms with E-state index in [1.807, 2.05) is 0 Å². The Labute approximate surface area is 145 Å². The van der Waals surface area contributed by atoms with Gasteiger partial charge in [0.15, 0.2) is 0 Å². The Morgan fingerprint density at radius 1 is 1.24 bits per heavy atom. The summed E-state index contributed by atoms with van der Waals surface area (Å²) < 4.78 is 37.4. The lowest BCUT2D eigenvalue weighted by molar-refractivity contribution is -0.140. The van der Waals surface area contributed by atoms with Gasteiger partial charge in [-0.1, -0.05) is 12.1 Å². The molecule has 0 aromatic heterocycles.